The van der Waals surface area contributed by atoms with Crippen molar-refractivity contribution in [1.82, 2.24) is 0 Å². The minimum Gasteiger partial charge on any atom is -0.321 e. The van der Waals surface area contributed by atoms with Gasteiger partial charge in [-0.3, -0.25) is 0 Å². The summed E-state index contributed by atoms with van der Waals surface area (Å²) in [6.45, 7) is 0. The molecule has 0 radical (unpaired) electrons. The van der Waals surface area contributed by atoms with Crippen LogP contribution in [0.2, 0.25) is 0 Å². The van der Waals surface area contributed by atoms with Gasteiger partial charge in [0.1, 0.15) is 0 Å². The van der Waals surface area contributed by atoms with Crippen molar-refractivity contribution in [3.05, 3.63) is 35.4 Å². The summed E-state index contributed by atoms with van der Waals surface area (Å²) in [6, 6.07) is 8.76. The highest BCUT2D eigenvalue weighted by atomic mass is 14.8. The largest absolute Gasteiger partial charge is 0.321 e. The van der Waals surface area contributed by atoms with Crippen LogP contribution in [0.1, 0.15) is 36.8 Å². The van der Waals surface area contributed by atoms with Gasteiger partial charge in [-0.1, -0.05) is 37.1 Å². The van der Waals surface area contributed by atoms with Crippen molar-refractivity contribution in [3.8, 4) is 0 Å². The van der Waals surface area contributed by atoms with E-state index in [2.05, 4.69) is 24.3 Å². The van der Waals surface area contributed by atoms with E-state index in [1.165, 1.54) is 43.2 Å². The van der Waals surface area contributed by atoms with Gasteiger partial charge in [0.05, 0.1) is 0 Å². The zero-order valence-electron chi connectivity index (χ0n) is 8.50. The minimum absolute atomic E-state index is 0.0227. The third kappa shape index (κ3) is 0.992. The van der Waals surface area contributed by atoms with Crippen LogP contribution >= 0.6 is 0 Å². The first-order chi connectivity index (χ1) is 6.81. The molecule has 14 heavy (non-hydrogen) atoms. The average molecular weight is 187 g/mol. The highest BCUT2D eigenvalue weighted by Crippen LogP contribution is 2.47. The summed E-state index contributed by atoms with van der Waals surface area (Å²) in [5, 5.41) is 0. The second kappa shape index (κ2) is 2.83. The van der Waals surface area contributed by atoms with E-state index in [9.17, 15) is 0 Å². The van der Waals surface area contributed by atoms with Gasteiger partial charge in [0.2, 0.25) is 0 Å². The molecule has 2 N–H and O–H groups in total. The molecule has 1 nitrogen and oxygen atoms in total. The molecule has 1 heteroatoms. The van der Waals surface area contributed by atoms with Crippen LogP contribution < -0.4 is 5.73 Å². The number of benzene rings is 1. The van der Waals surface area contributed by atoms with Crippen molar-refractivity contribution >= 4 is 0 Å². The molecule has 1 aromatic rings. The number of fused-ring (bicyclic) bond motifs is 3. The molecule has 0 aliphatic heterocycles. The highest BCUT2D eigenvalue weighted by molar-refractivity contribution is 5.40. The smallest absolute Gasteiger partial charge is 0.0444 e. The van der Waals surface area contributed by atoms with E-state index in [1.807, 2.05) is 0 Å². The Labute approximate surface area is 85.3 Å². The molecule has 2 atom stereocenters. The molecule has 3 rings (SSSR count). The number of nitrogens with two attached hydrogens (primary N) is 1. The quantitative estimate of drug-likeness (QED) is 0.663. The molecule has 0 bridgehead atoms. The number of hydrogen-bond donors (Lipinski definition) is 1. The van der Waals surface area contributed by atoms with Crippen molar-refractivity contribution in [1.29, 1.82) is 0 Å². The lowest BCUT2D eigenvalue weighted by Gasteiger charge is -2.36. The van der Waals surface area contributed by atoms with E-state index >= 15 is 0 Å². The molecule has 1 aromatic carbocycles. The Kier molecular flexibility index (Phi) is 1.72. The maximum Gasteiger partial charge on any atom is 0.0444 e. The van der Waals surface area contributed by atoms with Gasteiger partial charge in [0, 0.05) is 5.54 Å². The van der Waals surface area contributed by atoms with E-state index in [0.29, 0.717) is 5.92 Å². The van der Waals surface area contributed by atoms with E-state index < -0.39 is 0 Å². The summed E-state index contributed by atoms with van der Waals surface area (Å²) < 4.78 is 0. The second-order valence-corrected chi connectivity index (χ2v) is 4.84. The molecule has 74 valence electrons. The summed E-state index contributed by atoms with van der Waals surface area (Å²) in [6.07, 6.45) is 6.41. The normalized spacial score (nSPS) is 35.1. The van der Waals surface area contributed by atoms with E-state index in [1.54, 1.807) is 0 Å². The van der Waals surface area contributed by atoms with Crippen molar-refractivity contribution in [3.63, 3.8) is 0 Å². The second-order valence-electron chi connectivity index (χ2n) is 4.84. The predicted molar refractivity (Wildman–Crippen MR) is 58.0 cm³/mol. The lowest BCUT2D eigenvalue weighted by molar-refractivity contribution is 0.212. The van der Waals surface area contributed by atoms with Crippen molar-refractivity contribution in [2.45, 2.75) is 37.6 Å². The van der Waals surface area contributed by atoms with Gasteiger partial charge in [0.15, 0.2) is 0 Å². The molecule has 1 unspecified atom stereocenters. The van der Waals surface area contributed by atoms with E-state index in [-0.39, 0.29) is 5.54 Å². The highest BCUT2D eigenvalue weighted by Gasteiger charge is 2.44. The first-order valence-corrected chi connectivity index (χ1v) is 5.68. The van der Waals surface area contributed by atoms with Crippen LogP contribution in [0.4, 0.5) is 0 Å². The first-order valence-electron chi connectivity index (χ1n) is 5.68. The maximum absolute atomic E-state index is 6.58. The summed E-state index contributed by atoms with van der Waals surface area (Å²) in [7, 11) is 0. The Morgan fingerprint density at radius 3 is 3.00 bits per heavy atom. The maximum atomic E-state index is 6.58. The summed E-state index contributed by atoms with van der Waals surface area (Å²) >= 11 is 0. The fraction of sp³-hybridized carbons (Fsp3) is 0.538. The summed E-state index contributed by atoms with van der Waals surface area (Å²) in [5.74, 6) is 0.716. The summed E-state index contributed by atoms with van der Waals surface area (Å²) in [5.41, 5.74) is 9.54. The van der Waals surface area contributed by atoms with E-state index in [4.69, 9.17) is 5.73 Å². The Bertz CT molecular complexity index is 358. The van der Waals surface area contributed by atoms with Gasteiger partial charge >= 0.3 is 0 Å². The molecule has 0 saturated heterocycles. The standard InChI is InChI=1S/C13H17N/c14-13-8-4-3-6-11(13)9-10-5-1-2-7-12(10)13/h1-2,5,7,11H,3-4,6,8-9,14H2/t11?,13-/m0/s1. The van der Waals surface area contributed by atoms with Crippen LogP contribution in [0.15, 0.2) is 24.3 Å². The molecule has 1 saturated carbocycles. The lowest BCUT2D eigenvalue weighted by atomic mass is 9.73. The van der Waals surface area contributed by atoms with Gasteiger partial charge in [-0.05, 0) is 36.3 Å². The summed E-state index contributed by atoms with van der Waals surface area (Å²) in [4.78, 5) is 0. The molecule has 2 aliphatic rings. The average Bonchev–Trinajstić information content (AvgIpc) is 2.51. The zero-order valence-corrected chi connectivity index (χ0v) is 8.50. The monoisotopic (exact) mass is 187 g/mol. The van der Waals surface area contributed by atoms with Gasteiger partial charge in [0.25, 0.3) is 0 Å². The molecule has 0 amide bonds. The van der Waals surface area contributed by atoms with Crippen LogP contribution in [0, 0.1) is 5.92 Å². The Balaban J connectivity index is 2.10. The van der Waals surface area contributed by atoms with Gasteiger partial charge in [-0.25, -0.2) is 0 Å². The van der Waals surface area contributed by atoms with Crippen LogP contribution in [0.25, 0.3) is 0 Å². The van der Waals surface area contributed by atoms with E-state index in [0.717, 1.165) is 0 Å². The Morgan fingerprint density at radius 1 is 1.21 bits per heavy atom. The molecule has 1 fully saturated rings. The molecule has 0 aromatic heterocycles. The molecule has 2 aliphatic carbocycles. The van der Waals surface area contributed by atoms with Crippen molar-refractivity contribution in [2.75, 3.05) is 0 Å². The predicted octanol–water partition coefficient (Wildman–Crippen LogP) is 2.59. The molecular formula is C13H17N. The molecule has 0 spiro atoms. The van der Waals surface area contributed by atoms with Crippen molar-refractivity contribution in [2.24, 2.45) is 11.7 Å². The minimum atomic E-state index is 0.0227. The third-order valence-electron chi connectivity index (χ3n) is 4.11. The Hall–Kier alpha value is -0.820. The fourth-order valence-electron chi connectivity index (χ4n) is 3.33. The van der Waals surface area contributed by atoms with Crippen molar-refractivity contribution < 1.29 is 0 Å². The molecule has 0 heterocycles. The number of hydrogen-bond acceptors (Lipinski definition) is 1. The molecular weight excluding hydrogens is 170 g/mol. The fourth-order valence-corrected chi connectivity index (χ4v) is 3.33. The van der Waals surface area contributed by atoms with Crippen LogP contribution in [-0.4, -0.2) is 0 Å². The van der Waals surface area contributed by atoms with Gasteiger partial charge in [-0.15, -0.1) is 0 Å². The Morgan fingerprint density at radius 2 is 2.07 bits per heavy atom. The van der Waals surface area contributed by atoms with Gasteiger partial charge in [-0.2, -0.15) is 0 Å². The lowest BCUT2D eigenvalue weighted by Crippen LogP contribution is -2.43. The topological polar surface area (TPSA) is 26.0 Å². The first kappa shape index (κ1) is 8.49. The van der Waals surface area contributed by atoms with Crippen LogP contribution in [-0.2, 0) is 12.0 Å². The number of rotatable bonds is 0. The van der Waals surface area contributed by atoms with Crippen LogP contribution in [0.3, 0.4) is 0 Å². The third-order valence-corrected chi connectivity index (χ3v) is 4.11. The van der Waals surface area contributed by atoms with Gasteiger partial charge < -0.3 is 5.73 Å². The van der Waals surface area contributed by atoms with Crippen LogP contribution in [0.5, 0.6) is 0 Å². The SMILES string of the molecule is N[C@@]12CCCCC1Cc1ccccc12. The zero-order chi connectivity index (χ0) is 9.60.